The molecule has 1 aromatic carbocycles. The van der Waals surface area contributed by atoms with Crippen LogP contribution >= 0.6 is 11.6 Å². The Morgan fingerprint density at radius 1 is 1.26 bits per heavy atom. The van der Waals surface area contributed by atoms with Gasteiger partial charge in [0.05, 0.1) is 12.9 Å². The van der Waals surface area contributed by atoms with Crippen molar-refractivity contribution in [3.05, 3.63) is 41.3 Å². The Morgan fingerprint density at radius 2 is 2.04 bits per heavy atom. The van der Waals surface area contributed by atoms with Crippen LogP contribution in [0, 0.1) is 0 Å². The van der Waals surface area contributed by atoms with Crippen LogP contribution in [0.5, 0.6) is 5.75 Å². The van der Waals surface area contributed by atoms with Crippen molar-refractivity contribution in [3.8, 4) is 5.75 Å². The van der Waals surface area contributed by atoms with Gasteiger partial charge in [0.2, 0.25) is 5.95 Å². The van der Waals surface area contributed by atoms with E-state index in [-0.39, 0.29) is 23.4 Å². The lowest BCUT2D eigenvalue weighted by Gasteiger charge is -2.10. The molecule has 0 fully saturated rings. The SMILES string of the molecule is Nc1nc(Cl)c2ncn(Cc3cccc(OC(F)(F)F)c3)c2n1. The molecule has 0 atom stereocenters. The number of benzene rings is 1. The number of ether oxygens (including phenoxy) is 1. The third kappa shape index (κ3) is 3.45. The maximum atomic E-state index is 12.3. The normalized spacial score (nSPS) is 11.8. The number of nitrogens with two attached hydrogens (primary N) is 1. The second-order valence-corrected chi connectivity index (χ2v) is 4.97. The lowest BCUT2D eigenvalue weighted by atomic mass is 10.2. The molecule has 6 nitrogen and oxygen atoms in total. The molecule has 0 unspecified atom stereocenters. The molecule has 3 aromatic rings. The molecule has 0 saturated heterocycles. The number of halogens is 4. The van der Waals surface area contributed by atoms with Gasteiger partial charge >= 0.3 is 6.36 Å². The van der Waals surface area contributed by atoms with Crippen LogP contribution < -0.4 is 10.5 Å². The summed E-state index contributed by atoms with van der Waals surface area (Å²) in [5.74, 6) is -0.315. The molecule has 0 saturated carbocycles. The van der Waals surface area contributed by atoms with Gasteiger partial charge in [-0.3, -0.25) is 0 Å². The van der Waals surface area contributed by atoms with Crippen molar-refractivity contribution in [1.82, 2.24) is 19.5 Å². The van der Waals surface area contributed by atoms with Crippen molar-refractivity contribution < 1.29 is 17.9 Å². The molecule has 0 aliphatic rings. The zero-order valence-electron chi connectivity index (χ0n) is 11.4. The number of nitrogen functional groups attached to an aromatic ring is 1. The van der Waals surface area contributed by atoms with Gasteiger partial charge in [0, 0.05) is 0 Å². The number of anilines is 1. The minimum absolute atomic E-state index is 0.0154. The molecule has 0 aliphatic heterocycles. The number of hydrogen-bond donors (Lipinski definition) is 1. The minimum Gasteiger partial charge on any atom is -0.406 e. The van der Waals surface area contributed by atoms with Crippen LogP contribution in [-0.2, 0) is 6.54 Å². The maximum Gasteiger partial charge on any atom is 0.573 e. The zero-order chi connectivity index (χ0) is 16.6. The van der Waals surface area contributed by atoms with Gasteiger partial charge in [-0.1, -0.05) is 23.7 Å². The molecule has 3 rings (SSSR count). The number of rotatable bonds is 3. The van der Waals surface area contributed by atoms with Crippen molar-refractivity contribution in [2.24, 2.45) is 0 Å². The van der Waals surface area contributed by atoms with Gasteiger partial charge < -0.3 is 15.0 Å². The van der Waals surface area contributed by atoms with Gasteiger partial charge in [0.1, 0.15) is 11.3 Å². The van der Waals surface area contributed by atoms with Gasteiger partial charge in [-0.05, 0) is 17.7 Å². The molecular weight excluding hydrogens is 335 g/mol. The fraction of sp³-hybridized carbons (Fsp3) is 0.154. The van der Waals surface area contributed by atoms with E-state index in [0.717, 1.165) is 0 Å². The smallest absolute Gasteiger partial charge is 0.406 e. The summed E-state index contributed by atoms with van der Waals surface area (Å²) in [6.07, 6.45) is -3.28. The first-order chi connectivity index (χ1) is 10.8. The Morgan fingerprint density at radius 3 is 2.78 bits per heavy atom. The van der Waals surface area contributed by atoms with Gasteiger partial charge in [-0.2, -0.15) is 9.97 Å². The number of hydrogen-bond acceptors (Lipinski definition) is 5. The van der Waals surface area contributed by atoms with E-state index in [2.05, 4.69) is 19.7 Å². The largest absolute Gasteiger partial charge is 0.573 e. The number of alkyl halides is 3. The van der Waals surface area contributed by atoms with E-state index in [1.165, 1.54) is 24.5 Å². The van der Waals surface area contributed by atoms with Crippen molar-refractivity contribution >= 4 is 28.7 Å². The predicted octanol–water partition coefficient (Wildman–Crippen LogP) is 3.01. The van der Waals surface area contributed by atoms with Crippen LogP contribution in [0.1, 0.15) is 5.56 Å². The zero-order valence-corrected chi connectivity index (χ0v) is 12.1. The lowest BCUT2D eigenvalue weighted by molar-refractivity contribution is -0.274. The highest BCUT2D eigenvalue weighted by molar-refractivity contribution is 6.33. The first-order valence-corrected chi connectivity index (χ1v) is 6.68. The van der Waals surface area contributed by atoms with Crippen molar-refractivity contribution in [1.29, 1.82) is 0 Å². The first-order valence-electron chi connectivity index (χ1n) is 6.30. The molecular formula is C13H9ClF3N5O. The standard InChI is InChI=1S/C13H9ClF3N5O/c14-10-9-11(21-12(18)20-10)22(6-19-9)5-7-2-1-3-8(4-7)23-13(15,16)17/h1-4,6H,5H2,(H2,18,20,21). The molecule has 2 heterocycles. The second-order valence-electron chi connectivity index (χ2n) is 4.61. The van der Waals surface area contributed by atoms with Gasteiger partial charge in [0.25, 0.3) is 0 Å². The first kappa shape index (κ1) is 15.3. The van der Waals surface area contributed by atoms with Crippen LogP contribution in [0.4, 0.5) is 19.1 Å². The third-order valence-electron chi connectivity index (χ3n) is 2.92. The van der Waals surface area contributed by atoms with Gasteiger partial charge in [-0.15, -0.1) is 13.2 Å². The van der Waals surface area contributed by atoms with Crippen LogP contribution in [0.2, 0.25) is 5.15 Å². The Hall–Kier alpha value is -2.55. The third-order valence-corrected chi connectivity index (χ3v) is 3.19. The van der Waals surface area contributed by atoms with Crippen molar-refractivity contribution in [2.75, 3.05) is 5.73 Å². The summed E-state index contributed by atoms with van der Waals surface area (Å²) in [5, 5.41) is 0.111. The van der Waals surface area contributed by atoms with Crippen LogP contribution in [0.15, 0.2) is 30.6 Å². The quantitative estimate of drug-likeness (QED) is 0.739. The molecule has 23 heavy (non-hydrogen) atoms. The van der Waals surface area contributed by atoms with Crippen LogP contribution in [0.25, 0.3) is 11.2 Å². The Balaban J connectivity index is 1.92. The Bertz CT molecular complexity index is 864. The highest BCUT2D eigenvalue weighted by atomic mass is 35.5. The highest BCUT2D eigenvalue weighted by Gasteiger charge is 2.31. The Labute approximate surface area is 132 Å². The average molecular weight is 344 g/mol. The van der Waals surface area contributed by atoms with E-state index >= 15 is 0 Å². The van der Waals surface area contributed by atoms with Crippen LogP contribution in [-0.4, -0.2) is 25.9 Å². The minimum atomic E-state index is -4.74. The van der Waals surface area contributed by atoms with E-state index in [1.807, 2.05) is 0 Å². The number of aromatic nitrogens is 4. The molecule has 0 bridgehead atoms. The summed E-state index contributed by atoms with van der Waals surface area (Å²) >= 11 is 5.92. The summed E-state index contributed by atoms with van der Waals surface area (Å²) in [5.41, 5.74) is 6.87. The highest BCUT2D eigenvalue weighted by Crippen LogP contribution is 2.25. The molecule has 0 aliphatic carbocycles. The van der Waals surface area contributed by atoms with Gasteiger partial charge in [0.15, 0.2) is 10.8 Å². The summed E-state index contributed by atoms with van der Waals surface area (Å²) < 4.78 is 42.3. The van der Waals surface area contributed by atoms with E-state index < -0.39 is 6.36 Å². The second kappa shape index (κ2) is 5.58. The fourth-order valence-electron chi connectivity index (χ4n) is 2.08. The van der Waals surface area contributed by atoms with E-state index in [1.54, 1.807) is 10.6 Å². The molecule has 0 radical (unpaired) electrons. The molecule has 2 N–H and O–H groups in total. The number of fused-ring (bicyclic) bond motifs is 1. The van der Waals surface area contributed by atoms with E-state index in [9.17, 15) is 13.2 Å². The Kier molecular flexibility index (Phi) is 3.72. The van der Waals surface area contributed by atoms with Gasteiger partial charge in [-0.25, -0.2) is 4.98 Å². The summed E-state index contributed by atoms with van der Waals surface area (Å²) in [7, 11) is 0. The molecule has 2 aromatic heterocycles. The monoisotopic (exact) mass is 343 g/mol. The molecule has 120 valence electrons. The van der Waals surface area contributed by atoms with E-state index in [0.29, 0.717) is 16.7 Å². The molecule has 0 spiro atoms. The summed E-state index contributed by atoms with van der Waals surface area (Å²) in [6.45, 7) is 0.221. The fourth-order valence-corrected chi connectivity index (χ4v) is 2.30. The molecule has 10 heteroatoms. The van der Waals surface area contributed by atoms with Crippen LogP contribution in [0.3, 0.4) is 0 Å². The maximum absolute atomic E-state index is 12.3. The van der Waals surface area contributed by atoms with E-state index in [4.69, 9.17) is 17.3 Å². The summed E-state index contributed by atoms with van der Waals surface area (Å²) in [6, 6.07) is 5.62. The molecule has 0 amide bonds. The van der Waals surface area contributed by atoms with Crippen molar-refractivity contribution in [3.63, 3.8) is 0 Å². The lowest BCUT2D eigenvalue weighted by Crippen LogP contribution is -2.17. The number of nitrogens with zero attached hydrogens (tertiary/aromatic N) is 4. The topological polar surface area (TPSA) is 78.8 Å². The number of imidazole rings is 1. The van der Waals surface area contributed by atoms with Crippen molar-refractivity contribution in [2.45, 2.75) is 12.9 Å². The predicted molar refractivity (Wildman–Crippen MR) is 77.0 cm³/mol. The summed E-state index contributed by atoms with van der Waals surface area (Å²) in [4.78, 5) is 11.9. The average Bonchev–Trinajstić information content (AvgIpc) is 2.80.